The number of hydrogen-bond acceptors (Lipinski definition) is 4. The lowest BCUT2D eigenvalue weighted by Crippen LogP contribution is -2.39. The maximum absolute atomic E-state index is 12.6. The van der Waals surface area contributed by atoms with Crippen LogP contribution in [0.1, 0.15) is 32.3 Å². The first-order valence-corrected chi connectivity index (χ1v) is 8.67. The number of benzene rings is 1. The second-order valence-electron chi connectivity index (χ2n) is 6.74. The van der Waals surface area contributed by atoms with Crippen LogP contribution in [0.5, 0.6) is 0 Å². The summed E-state index contributed by atoms with van der Waals surface area (Å²) in [5.41, 5.74) is 1.17. The lowest BCUT2D eigenvalue weighted by atomic mass is 10.0. The number of para-hydroxylation sites is 1. The number of anilines is 1. The van der Waals surface area contributed by atoms with E-state index in [9.17, 15) is 10.1 Å². The smallest absolute Gasteiger partial charge is 0.239 e. The summed E-state index contributed by atoms with van der Waals surface area (Å²) >= 11 is 0. The van der Waals surface area contributed by atoms with Gasteiger partial charge in [-0.3, -0.25) is 9.69 Å². The van der Waals surface area contributed by atoms with Crippen molar-refractivity contribution in [2.24, 2.45) is 5.92 Å². The van der Waals surface area contributed by atoms with E-state index in [0.29, 0.717) is 29.9 Å². The molecule has 25 heavy (non-hydrogen) atoms. The molecular weight excluding hydrogens is 314 g/mol. The first-order chi connectivity index (χ1) is 12.1. The molecule has 0 aliphatic carbocycles. The van der Waals surface area contributed by atoms with Crippen LogP contribution in [0.4, 0.5) is 5.82 Å². The second kappa shape index (κ2) is 7.49. The van der Waals surface area contributed by atoms with Crippen molar-refractivity contribution in [1.82, 2.24) is 14.7 Å². The van der Waals surface area contributed by atoms with Crippen molar-refractivity contribution in [3.05, 3.63) is 42.1 Å². The van der Waals surface area contributed by atoms with E-state index in [1.807, 2.05) is 30.3 Å². The minimum absolute atomic E-state index is 0.110. The monoisotopic (exact) mass is 337 g/mol. The molecule has 1 N–H and O–H groups in total. The zero-order valence-electron chi connectivity index (χ0n) is 14.6. The van der Waals surface area contributed by atoms with Gasteiger partial charge >= 0.3 is 0 Å². The zero-order chi connectivity index (χ0) is 17.8. The van der Waals surface area contributed by atoms with Gasteiger partial charge in [-0.05, 0) is 37.4 Å². The Morgan fingerprint density at radius 2 is 2.16 bits per heavy atom. The summed E-state index contributed by atoms with van der Waals surface area (Å²) in [6, 6.07) is 12.0. The van der Waals surface area contributed by atoms with E-state index in [1.165, 1.54) is 6.20 Å². The maximum atomic E-state index is 12.6. The average molecular weight is 337 g/mol. The highest BCUT2D eigenvalue weighted by molar-refractivity contribution is 5.93. The fourth-order valence-electron chi connectivity index (χ4n) is 3.47. The third kappa shape index (κ3) is 3.72. The van der Waals surface area contributed by atoms with Crippen LogP contribution >= 0.6 is 0 Å². The third-order valence-electron chi connectivity index (χ3n) is 4.68. The molecule has 130 valence electrons. The van der Waals surface area contributed by atoms with E-state index in [-0.39, 0.29) is 5.91 Å². The summed E-state index contributed by atoms with van der Waals surface area (Å²) in [7, 11) is 0. The highest BCUT2D eigenvalue weighted by Gasteiger charge is 2.28. The number of aromatic nitrogens is 2. The van der Waals surface area contributed by atoms with Gasteiger partial charge in [0.15, 0.2) is 5.82 Å². The van der Waals surface area contributed by atoms with Gasteiger partial charge in [-0.15, -0.1) is 0 Å². The number of carbonyl (C=O) groups excluding carboxylic acids is 1. The first kappa shape index (κ1) is 17.2. The van der Waals surface area contributed by atoms with Gasteiger partial charge in [-0.2, -0.15) is 10.4 Å². The van der Waals surface area contributed by atoms with Crippen LogP contribution in [0.3, 0.4) is 0 Å². The van der Waals surface area contributed by atoms with Crippen LogP contribution in [-0.2, 0) is 4.79 Å². The maximum Gasteiger partial charge on any atom is 0.239 e. The van der Waals surface area contributed by atoms with Crippen molar-refractivity contribution >= 4 is 11.7 Å². The summed E-state index contributed by atoms with van der Waals surface area (Å²) in [4.78, 5) is 14.8. The zero-order valence-corrected chi connectivity index (χ0v) is 14.6. The molecule has 1 fully saturated rings. The Morgan fingerprint density at radius 1 is 1.40 bits per heavy atom. The number of hydrogen-bond donors (Lipinski definition) is 1. The molecule has 2 aromatic rings. The molecular formula is C19H23N5O. The Balaban J connectivity index is 1.77. The van der Waals surface area contributed by atoms with Crippen molar-refractivity contribution < 1.29 is 4.79 Å². The standard InChI is InChI=1S/C19H23N5O/c1-14(2)17-9-6-10-23(17)13-18(25)22-19-15(11-20)12-21-24(19)16-7-4-3-5-8-16/h3-5,7-8,12,14,17H,6,9-10,13H2,1-2H3,(H,22,25)/t17-/m1/s1. The number of nitrogens with one attached hydrogen (secondary N) is 1. The van der Waals surface area contributed by atoms with Crippen molar-refractivity contribution in [2.75, 3.05) is 18.4 Å². The van der Waals surface area contributed by atoms with Crippen LogP contribution < -0.4 is 5.32 Å². The topological polar surface area (TPSA) is 74.0 Å². The van der Waals surface area contributed by atoms with Gasteiger partial charge in [-0.1, -0.05) is 32.0 Å². The molecule has 1 aromatic heterocycles. The largest absolute Gasteiger partial charge is 0.308 e. The van der Waals surface area contributed by atoms with Crippen LogP contribution in [0.25, 0.3) is 5.69 Å². The van der Waals surface area contributed by atoms with E-state index in [1.54, 1.807) is 4.68 Å². The molecule has 1 atom stereocenters. The normalized spacial score (nSPS) is 17.6. The highest BCUT2D eigenvalue weighted by atomic mass is 16.2. The van der Waals surface area contributed by atoms with Crippen molar-refractivity contribution in [3.63, 3.8) is 0 Å². The molecule has 1 aromatic carbocycles. The van der Waals surface area contributed by atoms with Crippen LogP contribution in [0.15, 0.2) is 36.5 Å². The molecule has 0 unspecified atom stereocenters. The molecule has 6 heteroatoms. The minimum Gasteiger partial charge on any atom is -0.308 e. The van der Waals surface area contributed by atoms with E-state index in [0.717, 1.165) is 25.1 Å². The Morgan fingerprint density at radius 3 is 2.84 bits per heavy atom. The molecule has 1 amide bonds. The van der Waals surface area contributed by atoms with Crippen LogP contribution in [-0.4, -0.2) is 39.7 Å². The van der Waals surface area contributed by atoms with E-state index in [2.05, 4.69) is 35.2 Å². The van der Waals surface area contributed by atoms with Gasteiger partial charge in [0.05, 0.1) is 18.4 Å². The van der Waals surface area contributed by atoms with Crippen molar-refractivity contribution in [1.29, 1.82) is 5.26 Å². The van der Waals surface area contributed by atoms with Gasteiger partial charge in [0.1, 0.15) is 11.6 Å². The summed E-state index contributed by atoms with van der Waals surface area (Å²) in [6.07, 6.45) is 3.74. The highest BCUT2D eigenvalue weighted by Crippen LogP contribution is 2.24. The summed E-state index contributed by atoms with van der Waals surface area (Å²) in [5.74, 6) is 0.848. The lowest BCUT2D eigenvalue weighted by Gasteiger charge is -2.26. The molecule has 0 bridgehead atoms. The predicted octanol–water partition coefficient (Wildman–Crippen LogP) is 2.80. The van der Waals surface area contributed by atoms with Gasteiger partial charge in [0.2, 0.25) is 5.91 Å². The number of rotatable bonds is 5. The second-order valence-corrected chi connectivity index (χ2v) is 6.74. The Kier molecular flexibility index (Phi) is 5.15. The molecule has 0 spiro atoms. The first-order valence-electron chi connectivity index (χ1n) is 8.67. The Bertz CT molecular complexity index is 775. The predicted molar refractivity (Wildman–Crippen MR) is 96.3 cm³/mol. The molecule has 0 radical (unpaired) electrons. The molecule has 6 nitrogen and oxygen atoms in total. The minimum atomic E-state index is -0.110. The molecule has 3 rings (SSSR count). The van der Waals surface area contributed by atoms with Crippen LogP contribution in [0, 0.1) is 17.2 Å². The number of nitrogens with zero attached hydrogens (tertiary/aromatic N) is 4. The molecule has 2 heterocycles. The number of nitriles is 1. The fourth-order valence-corrected chi connectivity index (χ4v) is 3.47. The van der Waals surface area contributed by atoms with Crippen molar-refractivity contribution in [2.45, 2.75) is 32.7 Å². The summed E-state index contributed by atoms with van der Waals surface area (Å²) in [5, 5.41) is 16.5. The molecule has 1 aliphatic rings. The molecule has 1 aliphatic heterocycles. The van der Waals surface area contributed by atoms with Gasteiger partial charge in [-0.25, -0.2) is 4.68 Å². The quantitative estimate of drug-likeness (QED) is 0.910. The average Bonchev–Trinajstić information content (AvgIpc) is 3.22. The third-order valence-corrected chi connectivity index (χ3v) is 4.68. The summed E-state index contributed by atoms with van der Waals surface area (Å²) in [6.45, 7) is 5.67. The number of likely N-dealkylation sites (tertiary alicyclic amines) is 1. The van der Waals surface area contributed by atoms with E-state index >= 15 is 0 Å². The van der Waals surface area contributed by atoms with E-state index in [4.69, 9.17) is 0 Å². The van der Waals surface area contributed by atoms with E-state index < -0.39 is 0 Å². The Labute approximate surface area is 148 Å². The van der Waals surface area contributed by atoms with Gasteiger partial charge in [0, 0.05) is 6.04 Å². The molecule has 1 saturated heterocycles. The van der Waals surface area contributed by atoms with Crippen molar-refractivity contribution in [3.8, 4) is 11.8 Å². The lowest BCUT2D eigenvalue weighted by molar-refractivity contribution is -0.117. The fraction of sp³-hybridized carbons (Fsp3) is 0.421. The van der Waals surface area contributed by atoms with Crippen LogP contribution in [0.2, 0.25) is 0 Å². The number of carbonyl (C=O) groups is 1. The SMILES string of the molecule is CC(C)[C@H]1CCCN1CC(=O)Nc1c(C#N)cnn1-c1ccccc1. The number of amides is 1. The molecule has 0 saturated carbocycles. The van der Waals surface area contributed by atoms with Gasteiger partial charge in [0.25, 0.3) is 0 Å². The summed E-state index contributed by atoms with van der Waals surface area (Å²) < 4.78 is 1.60. The Hall–Kier alpha value is -2.65. The van der Waals surface area contributed by atoms with Gasteiger partial charge < -0.3 is 5.32 Å².